The smallest absolute Gasteiger partial charge is 0.328 e. The molecule has 0 aliphatic rings. The van der Waals surface area contributed by atoms with E-state index in [1.807, 2.05) is 0 Å². The molecule has 0 aliphatic carbocycles. The number of carbonyl (C=O) groups excluding carboxylic acids is 3. The average Bonchev–Trinajstić information content (AvgIpc) is 2.87. The first kappa shape index (κ1) is 17.7. The van der Waals surface area contributed by atoms with Crippen LogP contribution in [0.25, 0.3) is 10.2 Å². The van der Waals surface area contributed by atoms with Gasteiger partial charge in [0.05, 0.1) is 16.8 Å². The fourth-order valence-corrected chi connectivity index (χ4v) is 2.85. The van der Waals surface area contributed by atoms with Crippen molar-refractivity contribution in [3.63, 3.8) is 0 Å². The molecule has 9 heteroatoms. The van der Waals surface area contributed by atoms with Gasteiger partial charge in [0.25, 0.3) is 0 Å². The van der Waals surface area contributed by atoms with Gasteiger partial charge >= 0.3 is 12.0 Å². The van der Waals surface area contributed by atoms with E-state index in [9.17, 15) is 14.4 Å². The van der Waals surface area contributed by atoms with Crippen molar-refractivity contribution < 1.29 is 19.1 Å². The summed E-state index contributed by atoms with van der Waals surface area (Å²) in [5.74, 6) is -0.690. The summed E-state index contributed by atoms with van der Waals surface area (Å²) in [7, 11) is 0. The van der Waals surface area contributed by atoms with Crippen LogP contribution in [-0.2, 0) is 14.3 Å². The van der Waals surface area contributed by atoms with Crippen LogP contribution in [0.3, 0.4) is 0 Å². The highest BCUT2D eigenvalue weighted by Crippen LogP contribution is 2.28. The minimum atomic E-state index is -0.747. The number of ether oxygens (including phenoxy) is 1. The number of hydrogen-bond acceptors (Lipinski definition) is 6. The highest BCUT2D eigenvalue weighted by molar-refractivity contribution is 7.22. The minimum Gasteiger partial charge on any atom is -0.464 e. The third-order valence-electron chi connectivity index (χ3n) is 2.92. The number of benzene rings is 1. The predicted molar refractivity (Wildman–Crippen MR) is 92.2 cm³/mol. The molecule has 1 atom stereocenters. The number of esters is 1. The van der Waals surface area contributed by atoms with Crippen LogP contribution in [-0.4, -0.2) is 35.5 Å². The van der Waals surface area contributed by atoms with E-state index < -0.39 is 18.0 Å². The Labute approximate surface area is 142 Å². The van der Waals surface area contributed by atoms with E-state index in [0.717, 1.165) is 10.2 Å². The summed E-state index contributed by atoms with van der Waals surface area (Å²) in [5, 5.41) is 8.26. The zero-order valence-corrected chi connectivity index (χ0v) is 14.3. The second-order valence-electron chi connectivity index (χ2n) is 4.95. The Balaban J connectivity index is 2.02. The number of carbonyl (C=O) groups is 3. The summed E-state index contributed by atoms with van der Waals surface area (Å²) in [6.45, 7) is 4.91. The number of aromatic nitrogens is 1. The molecule has 1 aromatic carbocycles. The van der Waals surface area contributed by atoms with Gasteiger partial charge in [-0.15, -0.1) is 0 Å². The fourth-order valence-electron chi connectivity index (χ4n) is 1.90. The lowest BCUT2D eigenvalue weighted by molar-refractivity contribution is -0.144. The van der Waals surface area contributed by atoms with E-state index in [2.05, 4.69) is 20.9 Å². The van der Waals surface area contributed by atoms with E-state index in [0.29, 0.717) is 10.8 Å². The van der Waals surface area contributed by atoms with Crippen molar-refractivity contribution in [3.8, 4) is 0 Å². The van der Waals surface area contributed by atoms with Gasteiger partial charge in [0.1, 0.15) is 6.04 Å². The predicted octanol–water partition coefficient (Wildman–Crippen LogP) is 2.33. The molecule has 128 valence electrons. The zero-order valence-electron chi connectivity index (χ0n) is 13.5. The second kappa shape index (κ2) is 7.73. The van der Waals surface area contributed by atoms with Gasteiger partial charge in [0.15, 0.2) is 5.13 Å². The quantitative estimate of drug-likeness (QED) is 0.717. The molecule has 0 bridgehead atoms. The molecular formula is C15H18N4O4S. The monoisotopic (exact) mass is 350 g/mol. The molecule has 0 saturated carbocycles. The first-order chi connectivity index (χ1) is 11.4. The van der Waals surface area contributed by atoms with Crippen molar-refractivity contribution in [1.29, 1.82) is 0 Å². The summed E-state index contributed by atoms with van der Waals surface area (Å²) in [6, 6.07) is 3.91. The molecule has 0 aliphatic heterocycles. The Morgan fingerprint density at radius 3 is 2.71 bits per heavy atom. The summed E-state index contributed by atoms with van der Waals surface area (Å²) < 4.78 is 5.64. The molecule has 24 heavy (non-hydrogen) atoms. The summed E-state index contributed by atoms with van der Waals surface area (Å²) in [6.07, 6.45) is 0. The molecule has 0 spiro atoms. The van der Waals surface area contributed by atoms with Crippen molar-refractivity contribution in [3.05, 3.63) is 18.2 Å². The highest BCUT2D eigenvalue weighted by Gasteiger charge is 2.16. The minimum absolute atomic E-state index is 0.195. The second-order valence-corrected chi connectivity index (χ2v) is 5.99. The number of urea groups is 1. The number of anilines is 2. The van der Waals surface area contributed by atoms with Crippen molar-refractivity contribution in [2.24, 2.45) is 0 Å². The number of thiazole rings is 1. The van der Waals surface area contributed by atoms with Gasteiger partial charge in [-0.25, -0.2) is 14.6 Å². The molecule has 2 rings (SSSR count). The Bertz CT molecular complexity index is 774. The van der Waals surface area contributed by atoms with Crippen LogP contribution in [0.2, 0.25) is 0 Å². The average molecular weight is 350 g/mol. The number of nitrogens with zero attached hydrogens (tertiary/aromatic N) is 1. The van der Waals surface area contributed by atoms with Crippen molar-refractivity contribution >= 4 is 50.3 Å². The Morgan fingerprint density at radius 1 is 1.29 bits per heavy atom. The van der Waals surface area contributed by atoms with Gasteiger partial charge in [0, 0.05) is 12.6 Å². The van der Waals surface area contributed by atoms with E-state index in [1.54, 1.807) is 32.0 Å². The number of nitrogens with one attached hydrogen (secondary N) is 3. The molecule has 3 N–H and O–H groups in total. The summed E-state index contributed by atoms with van der Waals surface area (Å²) in [5.41, 5.74) is 1.27. The maximum atomic E-state index is 11.9. The third-order valence-corrected chi connectivity index (χ3v) is 3.85. The molecule has 0 unspecified atom stereocenters. The SMILES string of the molecule is CCOC(=O)[C@@H](C)NC(=O)Nc1ccc2nc(NC(C)=O)sc2c1. The number of amides is 3. The Hall–Kier alpha value is -2.68. The first-order valence-corrected chi connectivity index (χ1v) is 8.13. The van der Waals surface area contributed by atoms with Crippen LogP contribution in [0.4, 0.5) is 15.6 Å². The Kier molecular flexibility index (Phi) is 5.69. The van der Waals surface area contributed by atoms with Gasteiger partial charge < -0.3 is 20.7 Å². The maximum absolute atomic E-state index is 11.9. The van der Waals surface area contributed by atoms with Gasteiger partial charge in [-0.3, -0.25) is 4.79 Å². The van der Waals surface area contributed by atoms with Crippen LogP contribution in [0, 0.1) is 0 Å². The van der Waals surface area contributed by atoms with Crippen LogP contribution in [0.15, 0.2) is 18.2 Å². The fraction of sp³-hybridized carbons (Fsp3) is 0.333. The Morgan fingerprint density at radius 2 is 2.04 bits per heavy atom. The van der Waals surface area contributed by atoms with Crippen LogP contribution < -0.4 is 16.0 Å². The van der Waals surface area contributed by atoms with Crippen LogP contribution >= 0.6 is 11.3 Å². The first-order valence-electron chi connectivity index (χ1n) is 7.31. The van der Waals surface area contributed by atoms with Crippen LogP contribution in [0.1, 0.15) is 20.8 Å². The van der Waals surface area contributed by atoms with Crippen molar-refractivity contribution in [2.75, 3.05) is 17.2 Å². The third kappa shape index (κ3) is 4.66. The van der Waals surface area contributed by atoms with E-state index in [4.69, 9.17) is 4.74 Å². The molecule has 0 radical (unpaired) electrons. The molecule has 2 aromatic rings. The van der Waals surface area contributed by atoms with Gasteiger partial charge in [-0.05, 0) is 32.0 Å². The lowest BCUT2D eigenvalue weighted by Gasteiger charge is -2.13. The molecular weight excluding hydrogens is 332 g/mol. The number of fused-ring (bicyclic) bond motifs is 1. The number of hydrogen-bond donors (Lipinski definition) is 3. The van der Waals surface area contributed by atoms with E-state index in [-0.39, 0.29) is 12.5 Å². The maximum Gasteiger partial charge on any atom is 0.328 e. The highest BCUT2D eigenvalue weighted by atomic mass is 32.1. The normalized spacial score (nSPS) is 11.6. The standard InChI is InChI=1S/C15H18N4O4S/c1-4-23-13(21)8(2)16-14(22)18-10-5-6-11-12(7-10)24-15(19-11)17-9(3)20/h5-8H,4H2,1-3H3,(H2,16,18,22)(H,17,19,20)/t8-/m1/s1. The molecule has 8 nitrogen and oxygen atoms in total. The van der Waals surface area contributed by atoms with Crippen LogP contribution in [0.5, 0.6) is 0 Å². The lowest BCUT2D eigenvalue weighted by atomic mass is 10.3. The summed E-state index contributed by atoms with van der Waals surface area (Å²) >= 11 is 1.30. The number of rotatable bonds is 5. The molecule has 0 saturated heterocycles. The largest absolute Gasteiger partial charge is 0.464 e. The molecule has 0 fully saturated rings. The van der Waals surface area contributed by atoms with E-state index >= 15 is 0 Å². The van der Waals surface area contributed by atoms with Gasteiger partial charge in [-0.1, -0.05) is 11.3 Å². The van der Waals surface area contributed by atoms with Crippen molar-refractivity contribution in [1.82, 2.24) is 10.3 Å². The van der Waals surface area contributed by atoms with Gasteiger partial charge in [0.2, 0.25) is 5.91 Å². The van der Waals surface area contributed by atoms with Crippen molar-refractivity contribution in [2.45, 2.75) is 26.8 Å². The molecule has 3 amide bonds. The van der Waals surface area contributed by atoms with E-state index in [1.165, 1.54) is 18.3 Å². The zero-order chi connectivity index (χ0) is 17.7. The van der Waals surface area contributed by atoms with Gasteiger partial charge in [-0.2, -0.15) is 0 Å². The summed E-state index contributed by atoms with van der Waals surface area (Å²) in [4.78, 5) is 38.7. The lowest BCUT2D eigenvalue weighted by Crippen LogP contribution is -2.41. The molecule has 1 aromatic heterocycles. The topological polar surface area (TPSA) is 109 Å². The molecule has 1 heterocycles.